The van der Waals surface area contributed by atoms with Crippen LogP contribution in [-0.4, -0.2) is 50.0 Å². The molecule has 1 N–H and O–H groups in total. The summed E-state index contributed by atoms with van der Waals surface area (Å²) < 4.78 is 27.0. The molecule has 3 aromatic rings. The zero-order chi connectivity index (χ0) is 29.6. The first-order valence-electron chi connectivity index (χ1n) is 13.6. The first kappa shape index (κ1) is 30.9. The van der Waals surface area contributed by atoms with E-state index in [9.17, 15) is 18.0 Å². The Morgan fingerprint density at radius 2 is 1.59 bits per heavy atom. The normalized spacial score (nSPS) is 14.4. The predicted octanol–water partition coefficient (Wildman–Crippen LogP) is 5.77. The molecule has 41 heavy (non-hydrogen) atoms. The van der Waals surface area contributed by atoms with Gasteiger partial charge in [0, 0.05) is 19.0 Å². The molecule has 0 spiro atoms. The van der Waals surface area contributed by atoms with Gasteiger partial charge in [0.25, 0.3) is 0 Å². The Morgan fingerprint density at radius 1 is 0.927 bits per heavy atom. The van der Waals surface area contributed by atoms with Gasteiger partial charge in [-0.05, 0) is 54.7 Å². The van der Waals surface area contributed by atoms with Crippen LogP contribution in [0.1, 0.15) is 42.4 Å². The lowest BCUT2D eigenvalue weighted by Crippen LogP contribution is -2.54. The van der Waals surface area contributed by atoms with Crippen LogP contribution in [0.15, 0.2) is 72.8 Å². The Balaban J connectivity index is 1.74. The van der Waals surface area contributed by atoms with Crippen LogP contribution in [-0.2, 0) is 32.6 Å². The summed E-state index contributed by atoms with van der Waals surface area (Å²) in [5.74, 6) is -0.775. The molecule has 4 rings (SSSR count). The molecule has 2 amide bonds. The van der Waals surface area contributed by atoms with E-state index in [1.54, 1.807) is 49.4 Å². The van der Waals surface area contributed by atoms with Gasteiger partial charge in [0.15, 0.2) is 0 Å². The molecular weight excluding hydrogens is 581 g/mol. The summed E-state index contributed by atoms with van der Waals surface area (Å²) in [4.78, 5) is 29.5. The number of hydrogen-bond acceptors (Lipinski definition) is 4. The summed E-state index contributed by atoms with van der Waals surface area (Å²) in [5.41, 5.74) is 2.67. The van der Waals surface area contributed by atoms with Gasteiger partial charge in [0.2, 0.25) is 21.8 Å². The fraction of sp³-hybridized carbons (Fsp3) is 0.355. The molecule has 1 aliphatic rings. The molecule has 1 aliphatic carbocycles. The van der Waals surface area contributed by atoms with E-state index in [1.165, 1.54) is 4.90 Å². The summed E-state index contributed by atoms with van der Waals surface area (Å²) in [6.07, 6.45) is 5.19. The molecule has 0 radical (unpaired) electrons. The number of carbonyl (C=O) groups is 2. The molecule has 1 saturated carbocycles. The molecule has 7 nitrogen and oxygen atoms in total. The van der Waals surface area contributed by atoms with Crippen LogP contribution < -0.4 is 9.62 Å². The summed E-state index contributed by atoms with van der Waals surface area (Å²) >= 11 is 12.4. The van der Waals surface area contributed by atoms with Crippen molar-refractivity contribution in [3.8, 4) is 0 Å². The number of nitrogens with zero attached hydrogens (tertiary/aromatic N) is 2. The summed E-state index contributed by atoms with van der Waals surface area (Å²) in [6, 6.07) is 20.7. The molecule has 0 aromatic heterocycles. The highest BCUT2D eigenvalue weighted by Crippen LogP contribution is 2.26. The van der Waals surface area contributed by atoms with Crippen molar-refractivity contribution in [3.05, 3.63) is 99.5 Å². The maximum Gasteiger partial charge on any atom is 0.244 e. The maximum atomic E-state index is 14.2. The molecule has 0 saturated heterocycles. The molecule has 1 atom stereocenters. The summed E-state index contributed by atoms with van der Waals surface area (Å²) in [7, 11) is -3.83. The smallest absolute Gasteiger partial charge is 0.244 e. The number of halogens is 2. The molecule has 0 heterocycles. The monoisotopic (exact) mass is 615 g/mol. The molecule has 10 heteroatoms. The van der Waals surface area contributed by atoms with Crippen LogP contribution in [0, 0.1) is 6.92 Å². The van der Waals surface area contributed by atoms with Gasteiger partial charge in [0.05, 0.1) is 22.0 Å². The number of hydrogen-bond donors (Lipinski definition) is 1. The number of anilines is 1. The van der Waals surface area contributed by atoms with Crippen LogP contribution in [0.5, 0.6) is 0 Å². The quantitative estimate of drug-likeness (QED) is 0.297. The molecule has 3 aromatic carbocycles. The van der Waals surface area contributed by atoms with E-state index >= 15 is 0 Å². The molecule has 0 unspecified atom stereocenters. The van der Waals surface area contributed by atoms with E-state index in [1.807, 2.05) is 30.3 Å². The number of para-hydroxylation sites is 1. The van der Waals surface area contributed by atoms with Gasteiger partial charge in [-0.15, -0.1) is 0 Å². The highest BCUT2D eigenvalue weighted by atomic mass is 35.5. The van der Waals surface area contributed by atoms with Crippen molar-refractivity contribution in [2.75, 3.05) is 17.1 Å². The minimum Gasteiger partial charge on any atom is -0.352 e. The van der Waals surface area contributed by atoms with Crippen LogP contribution >= 0.6 is 23.2 Å². The number of aryl methyl sites for hydroxylation is 1. The van der Waals surface area contributed by atoms with E-state index < -0.39 is 28.5 Å². The third kappa shape index (κ3) is 8.24. The van der Waals surface area contributed by atoms with E-state index in [0.29, 0.717) is 26.9 Å². The zero-order valence-electron chi connectivity index (χ0n) is 23.2. The minimum atomic E-state index is -3.83. The standard InChI is InChI=1S/C31H35Cl2N3O4S/c1-22-10-6-9-15-28(22)36(41(2,39)40)21-30(37)35(20-24-16-17-26(32)27(33)18-24)29(19-23-11-4-3-5-12-23)31(38)34-25-13-7-8-14-25/h3-6,9-12,15-18,25,29H,7-8,13-14,19-21H2,1-2H3,(H,34,38)/t29-/m0/s1. The van der Waals surface area contributed by atoms with Crippen molar-refractivity contribution in [2.24, 2.45) is 0 Å². The van der Waals surface area contributed by atoms with Crippen LogP contribution in [0.4, 0.5) is 5.69 Å². The Kier molecular flexibility index (Phi) is 10.3. The molecular formula is C31H35Cl2N3O4S. The Morgan fingerprint density at radius 3 is 2.22 bits per heavy atom. The second-order valence-electron chi connectivity index (χ2n) is 10.5. The Labute approximate surface area is 252 Å². The number of sulfonamides is 1. The topological polar surface area (TPSA) is 86.8 Å². The first-order valence-corrected chi connectivity index (χ1v) is 16.2. The average Bonchev–Trinajstić information content (AvgIpc) is 3.44. The van der Waals surface area contributed by atoms with E-state index in [2.05, 4.69) is 5.32 Å². The van der Waals surface area contributed by atoms with Crippen molar-refractivity contribution in [3.63, 3.8) is 0 Å². The van der Waals surface area contributed by atoms with Gasteiger partial charge in [-0.2, -0.15) is 0 Å². The third-order valence-corrected chi connectivity index (χ3v) is 9.24. The summed E-state index contributed by atoms with van der Waals surface area (Å²) in [6.45, 7) is 1.36. The molecule has 218 valence electrons. The van der Waals surface area contributed by atoms with Gasteiger partial charge in [-0.3, -0.25) is 13.9 Å². The number of rotatable bonds is 11. The van der Waals surface area contributed by atoms with E-state index in [0.717, 1.165) is 41.8 Å². The number of benzene rings is 3. The van der Waals surface area contributed by atoms with Crippen molar-refractivity contribution in [1.29, 1.82) is 0 Å². The van der Waals surface area contributed by atoms with Gasteiger partial charge < -0.3 is 10.2 Å². The Bertz CT molecular complexity index is 1480. The number of amides is 2. The second kappa shape index (κ2) is 13.7. The van der Waals surface area contributed by atoms with Crippen molar-refractivity contribution in [1.82, 2.24) is 10.2 Å². The fourth-order valence-electron chi connectivity index (χ4n) is 5.19. The first-order chi connectivity index (χ1) is 19.5. The lowest BCUT2D eigenvalue weighted by atomic mass is 10.0. The van der Waals surface area contributed by atoms with Gasteiger partial charge >= 0.3 is 0 Å². The minimum absolute atomic E-state index is 0.0384. The Hall–Kier alpha value is -3.07. The predicted molar refractivity (Wildman–Crippen MR) is 165 cm³/mol. The van der Waals surface area contributed by atoms with E-state index in [-0.39, 0.29) is 24.9 Å². The third-order valence-electron chi connectivity index (χ3n) is 7.37. The van der Waals surface area contributed by atoms with Crippen LogP contribution in [0.2, 0.25) is 10.0 Å². The molecule has 0 aliphatic heterocycles. The van der Waals surface area contributed by atoms with Gasteiger partial charge in [0.1, 0.15) is 12.6 Å². The molecule has 0 bridgehead atoms. The average molecular weight is 617 g/mol. The maximum absolute atomic E-state index is 14.2. The van der Waals surface area contributed by atoms with Crippen LogP contribution in [0.25, 0.3) is 0 Å². The largest absolute Gasteiger partial charge is 0.352 e. The highest BCUT2D eigenvalue weighted by Gasteiger charge is 2.34. The number of nitrogens with one attached hydrogen (secondary N) is 1. The fourth-order valence-corrected chi connectivity index (χ4v) is 6.42. The van der Waals surface area contributed by atoms with Crippen LogP contribution in [0.3, 0.4) is 0 Å². The van der Waals surface area contributed by atoms with Gasteiger partial charge in [-0.25, -0.2) is 8.42 Å². The lowest BCUT2D eigenvalue weighted by molar-refractivity contribution is -0.140. The highest BCUT2D eigenvalue weighted by molar-refractivity contribution is 7.92. The SMILES string of the molecule is Cc1ccccc1N(CC(=O)N(Cc1ccc(Cl)c(Cl)c1)[C@@H](Cc1ccccc1)C(=O)NC1CCCC1)S(C)(=O)=O. The van der Waals surface area contributed by atoms with Crippen molar-refractivity contribution in [2.45, 2.75) is 57.7 Å². The molecule has 1 fully saturated rings. The van der Waals surface area contributed by atoms with Gasteiger partial charge in [-0.1, -0.05) is 90.6 Å². The number of carbonyl (C=O) groups excluding carboxylic acids is 2. The van der Waals surface area contributed by atoms with E-state index in [4.69, 9.17) is 23.2 Å². The van der Waals surface area contributed by atoms with Crippen molar-refractivity contribution < 1.29 is 18.0 Å². The summed E-state index contributed by atoms with van der Waals surface area (Å²) in [5, 5.41) is 3.85. The second-order valence-corrected chi connectivity index (χ2v) is 13.2. The van der Waals surface area contributed by atoms with Crippen molar-refractivity contribution >= 4 is 50.7 Å². The lowest BCUT2D eigenvalue weighted by Gasteiger charge is -2.34. The zero-order valence-corrected chi connectivity index (χ0v) is 25.6.